The van der Waals surface area contributed by atoms with E-state index < -0.39 is 0 Å². The summed E-state index contributed by atoms with van der Waals surface area (Å²) in [5, 5.41) is 0. The van der Waals surface area contributed by atoms with Crippen molar-refractivity contribution < 1.29 is 19.1 Å². The van der Waals surface area contributed by atoms with E-state index in [9.17, 15) is 9.59 Å². The summed E-state index contributed by atoms with van der Waals surface area (Å²) >= 11 is 0. The molecule has 2 aliphatic rings. The second-order valence-electron chi connectivity index (χ2n) is 5.20. The molecule has 1 amide bonds. The molecule has 2 aliphatic heterocycles. The van der Waals surface area contributed by atoms with Crippen molar-refractivity contribution in [3.8, 4) is 5.75 Å². The number of amides is 1. The van der Waals surface area contributed by atoms with Gasteiger partial charge in [0.2, 0.25) is 5.91 Å². The van der Waals surface area contributed by atoms with Gasteiger partial charge in [0.05, 0.1) is 13.7 Å². The Labute approximate surface area is 117 Å². The molecule has 2 atom stereocenters. The van der Waals surface area contributed by atoms with Crippen molar-refractivity contribution in [2.24, 2.45) is 0 Å². The van der Waals surface area contributed by atoms with Gasteiger partial charge in [-0.1, -0.05) is 12.1 Å². The zero-order valence-corrected chi connectivity index (χ0v) is 11.4. The Hall–Kier alpha value is -2.04. The molecule has 0 spiro atoms. The molecule has 1 aromatic rings. The van der Waals surface area contributed by atoms with Gasteiger partial charge < -0.3 is 14.4 Å². The first-order valence-corrected chi connectivity index (χ1v) is 6.80. The van der Waals surface area contributed by atoms with Gasteiger partial charge in [-0.25, -0.2) is 4.79 Å². The van der Waals surface area contributed by atoms with Gasteiger partial charge in [-0.15, -0.1) is 0 Å². The van der Waals surface area contributed by atoms with E-state index in [4.69, 9.17) is 9.47 Å². The molecule has 2 bridgehead atoms. The van der Waals surface area contributed by atoms with Gasteiger partial charge >= 0.3 is 5.97 Å². The third-order valence-electron chi connectivity index (χ3n) is 3.92. The molecular weight excluding hydrogens is 258 g/mol. The molecule has 20 heavy (non-hydrogen) atoms. The predicted molar refractivity (Wildman–Crippen MR) is 71.3 cm³/mol. The third-order valence-corrected chi connectivity index (χ3v) is 3.92. The van der Waals surface area contributed by atoms with Crippen LogP contribution in [0.5, 0.6) is 5.75 Å². The summed E-state index contributed by atoms with van der Waals surface area (Å²) in [7, 11) is 1.63. The number of ether oxygens (including phenoxy) is 2. The normalized spacial score (nSPS) is 23.9. The van der Waals surface area contributed by atoms with Gasteiger partial charge in [0.15, 0.2) is 0 Å². The number of esters is 1. The number of likely N-dealkylation sites (tertiary alicyclic amines) is 1. The molecule has 2 heterocycles. The average molecular weight is 275 g/mol. The quantitative estimate of drug-likeness (QED) is 0.774. The summed E-state index contributed by atoms with van der Waals surface area (Å²) in [5.41, 5.74) is 1.09. The smallest absolute Gasteiger partial charge is 0.329 e. The zero-order valence-electron chi connectivity index (χ0n) is 11.4. The lowest BCUT2D eigenvalue weighted by Gasteiger charge is -2.25. The Morgan fingerprint density at radius 3 is 2.75 bits per heavy atom. The average Bonchev–Trinajstić information content (AvgIpc) is 3.04. The minimum absolute atomic E-state index is 0.0324. The van der Waals surface area contributed by atoms with Crippen LogP contribution >= 0.6 is 0 Å². The summed E-state index contributed by atoms with van der Waals surface area (Å²) in [5.74, 6) is 0.587. The lowest BCUT2D eigenvalue weighted by molar-refractivity contribution is -0.157. The summed E-state index contributed by atoms with van der Waals surface area (Å²) in [6, 6.07) is 7.33. The molecule has 2 saturated heterocycles. The fourth-order valence-electron chi connectivity index (χ4n) is 2.81. The maximum Gasteiger partial charge on any atom is 0.329 e. The third kappa shape index (κ3) is 2.35. The Kier molecular flexibility index (Phi) is 3.34. The SMILES string of the molecule is COc1ccc(CCC(=O)N2C[C@H]3C[C@H]2C(=O)O3)cc1. The first-order chi connectivity index (χ1) is 9.67. The summed E-state index contributed by atoms with van der Waals surface area (Å²) in [4.78, 5) is 25.3. The predicted octanol–water partition coefficient (Wildman–Crippen LogP) is 1.15. The highest BCUT2D eigenvalue weighted by atomic mass is 16.6. The van der Waals surface area contributed by atoms with Crippen LogP contribution in [-0.4, -0.2) is 42.6 Å². The number of aryl methyl sites for hydroxylation is 1. The second kappa shape index (κ2) is 5.15. The van der Waals surface area contributed by atoms with E-state index in [0.717, 1.165) is 11.3 Å². The number of methoxy groups -OCH3 is 1. The van der Waals surface area contributed by atoms with Crippen molar-refractivity contribution in [1.82, 2.24) is 4.90 Å². The van der Waals surface area contributed by atoms with Crippen LogP contribution in [0.4, 0.5) is 0 Å². The minimum atomic E-state index is -0.344. The Morgan fingerprint density at radius 1 is 1.40 bits per heavy atom. The van der Waals surface area contributed by atoms with Crippen LogP contribution in [0.2, 0.25) is 0 Å². The lowest BCUT2D eigenvalue weighted by atomic mass is 10.1. The van der Waals surface area contributed by atoms with Crippen LogP contribution < -0.4 is 4.74 Å². The van der Waals surface area contributed by atoms with Crippen molar-refractivity contribution in [3.63, 3.8) is 0 Å². The van der Waals surface area contributed by atoms with Crippen LogP contribution in [-0.2, 0) is 20.7 Å². The number of morpholine rings is 1. The van der Waals surface area contributed by atoms with E-state index in [0.29, 0.717) is 25.8 Å². The molecule has 3 rings (SSSR count). The molecule has 0 N–H and O–H groups in total. The minimum Gasteiger partial charge on any atom is -0.497 e. The van der Waals surface area contributed by atoms with Gasteiger partial charge in [0.1, 0.15) is 17.9 Å². The Bertz CT molecular complexity index is 525. The highest BCUT2D eigenvalue weighted by molar-refractivity contribution is 5.87. The molecule has 0 saturated carbocycles. The Morgan fingerprint density at radius 2 is 2.15 bits per heavy atom. The second-order valence-corrected chi connectivity index (χ2v) is 5.20. The lowest BCUT2D eigenvalue weighted by Crippen LogP contribution is -2.44. The molecule has 0 aromatic heterocycles. The first-order valence-electron chi connectivity index (χ1n) is 6.80. The number of nitrogens with zero attached hydrogens (tertiary/aromatic N) is 1. The molecule has 5 heteroatoms. The fourth-order valence-corrected chi connectivity index (χ4v) is 2.81. The summed E-state index contributed by atoms with van der Waals surface area (Å²) in [6.45, 7) is 0.553. The fraction of sp³-hybridized carbons (Fsp3) is 0.467. The van der Waals surface area contributed by atoms with E-state index in [1.807, 2.05) is 24.3 Å². The molecule has 5 nitrogen and oxygen atoms in total. The van der Waals surface area contributed by atoms with Gasteiger partial charge in [-0.05, 0) is 24.1 Å². The largest absolute Gasteiger partial charge is 0.497 e. The molecule has 2 fully saturated rings. The van der Waals surface area contributed by atoms with Crippen molar-refractivity contribution in [2.45, 2.75) is 31.4 Å². The van der Waals surface area contributed by atoms with E-state index in [-0.39, 0.29) is 24.0 Å². The zero-order chi connectivity index (χ0) is 14.1. The standard InChI is InChI=1S/C15H17NO4/c1-19-11-5-2-10(3-6-11)4-7-14(17)16-9-12-8-13(16)15(18)20-12/h2-3,5-6,12-13H,4,7-9H2,1H3/t12-,13+/m1/s1. The van der Waals surface area contributed by atoms with Crippen LogP contribution in [0.15, 0.2) is 24.3 Å². The van der Waals surface area contributed by atoms with Crippen molar-refractivity contribution >= 4 is 11.9 Å². The number of hydrogen-bond acceptors (Lipinski definition) is 4. The molecule has 106 valence electrons. The van der Waals surface area contributed by atoms with Crippen LogP contribution in [0, 0.1) is 0 Å². The van der Waals surface area contributed by atoms with Crippen LogP contribution in [0.25, 0.3) is 0 Å². The molecule has 1 aromatic carbocycles. The number of fused-ring (bicyclic) bond motifs is 2. The molecule has 0 aliphatic carbocycles. The van der Waals surface area contributed by atoms with Crippen LogP contribution in [0.1, 0.15) is 18.4 Å². The summed E-state index contributed by atoms with van der Waals surface area (Å²) in [6.07, 6.45) is 1.67. The first kappa shape index (κ1) is 13.0. The van der Waals surface area contributed by atoms with Gasteiger partial charge in [0.25, 0.3) is 0 Å². The number of benzene rings is 1. The topological polar surface area (TPSA) is 55.8 Å². The highest BCUT2D eigenvalue weighted by Crippen LogP contribution is 2.29. The molecule has 0 unspecified atom stereocenters. The van der Waals surface area contributed by atoms with Crippen molar-refractivity contribution in [2.75, 3.05) is 13.7 Å². The molecular formula is C15H17NO4. The Balaban J connectivity index is 1.55. The van der Waals surface area contributed by atoms with E-state index >= 15 is 0 Å². The van der Waals surface area contributed by atoms with Gasteiger partial charge in [0, 0.05) is 12.8 Å². The number of rotatable bonds is 4. The van der Waals surface area contributed by atoms with Gasteiger partial charge in [-0.2, -0.15) is 0 Å². The highest BCUT2D eigenvalue weighted by Gasteiger charge is 2.48. The van der Waals surface area contributed by atoms with Crippen molar-refractivity contribution in [1.29, 1.82) is 0 Å². The van der Waals surface area contributed by atoms with E-state index in [1.165, 1.54) is 0 Å². The van der Waals surface area contributed by atoms with Crippen molar-refractivity contribution in [3.05, 3.63) is 29.8 Å². The van der Waals surface area contributed by atoms with Gasteiger partial charge in [-0.3, -0.25) is 4.79 Å². The maximum absolute atomic E-state index is 12.2. The molecule has 0 radical (unpaired) electrons. The monoisotopic (exact) mass is 275 g/mol. The van der Waals surface area contributed by atoms with Crippen LogP contribution in [0.3, 0.4) is 0 Å². The number of carbonyl (C=O) groups excluding carboxylic acids is 2. The van der Waals surface area contributed by atoms with E-state index in [2.05, 4.69) is 0 Å². The maximum atomic E-state index is 12.2. The number of hydrogen-bond donors (Lipinski definition) is 0. The summed E-state index contributed by atoms with van der Waals surface area (Å²) < 4.78 is 10.2. The van der Waals surface area contributed by atoms with E-state index in [1.54, 1.807) is 12.0 Å². The number of carbonyl (C=O) groups is 2.